The summed E-state index contributed by atoms with van der Waals surface area (Å²) in [6, 6.07) is 3.28. The molecule has 0 spiro atoms. The molecule has 80 valence electrons. The molecule has 0 aliphatic carbocycles. The third-order valence-corrected chi connectivity index (χ3v) is 1.87. The Balaban J connectivity index is 2.52. The van der Waals surface area contributed by atoms with Gasteiger partial charge in [0.25, 0.3) is 0 Å². The zero-order chi connectivity index (χ0) is 12.0. The minimum Gasteiger partial charge on any atom is -0.294 e. The van der Waals surface area contributed by atoms with Gasteiger partial charge in [0.05, 0.1) is 5.29 Å². The largest absolute Gasteiger partial charge is 0.294 e. The van der Waals surface area contributed by atoms with Crippen LogP contribution in [0.1, 0.15) is 24.5 Å². The van der Waals surface area contributed by atoms with Crippen molar-refractivity contribution in [2.24, 2.45) is 5.29 Å². The Morgan fingerprint density at radius 2 is 2.53 bits per heavy atom. The molecule has 5 nitrogen and oxygen atoms in total. The first kappa shape index (κ1) is 9.76. The fraction of sp³-hybridized carbons (Fsp3) is 0.400. The standard InChI is InChI=1S/C10H13N3O2/c1-13(12-15)7-3-5-10(14)9-4-2-6-11-8-9/h2,4,6,8H,3,5,7H2,1H3/i5D. The third kappa shape index (κ3) is 3.84. The number of nitroso groups, excluding NO2 is 1. The number of carbonyl (C=O) groups excluding carboxylic acids is 1. The van der Waals surface area contributed by atoms with Gasteiger partial charge in [-0.25, -0.2) is 0 Å². The van der Waals surface area contributed by atoms with Crippen molar-refractivity contribution in [3.63, 3.8) is 0 Å². The van der Waals surface area contributed by atoms with Crippen molar-refractivity contribution in [1.29, 1.82) is 0 Å². The zero-order valence-corrected chi connectivity index (χ0v) is 8.46. The van der Waals surface area contributed by atoms with Gasteiger partial charge < -0.3 is 0 Å². The number of ketones is 1. The molecule has 5 heteroatoms. The lowest BCUT2D eigenvalue weighted by Crippen LogP contribution is -2.13. The van der Waals surface area contributed by atoms with Gasteiger partial charge in [-0.15, -0.1) is 4.91 Å². The van der Waals surface area contributed by atoms with Crippen molar-refractivity contribution in [3.05, 3.63) is 35.0 Å². The lowest BCUT2D eigenvalue weighted by atomic mass is 10.1. The molecule has 1 atom stereocenters. The van der Waals surface area contributed by atoms with E-state index in [1.54, 1.807) is 18.3 Å². The number of carbonyl (C=O) groups is 1. The minimum atomic E-state index is -0.881. The molecule has 1 aromatic heterocycles. The van der Waals surface area contributed by atoms with E-state index in [1.165, 1.54) is 13.2 Å². The normalized spacial score (nSPS) is 12.7. The Hall–Kier alpha value is -1.78. The second-order valence-electron chi connectivity index (χ2n) is 3.06. The number of rotatable bonds is 6. The molecule has 15 heavy (non-hydrogen) atoms. The van der Waals surface area contributed by atoms with Gasteiger partial charge in [-0.1, -0.05) is 0 Å². The van der Waals surface area contributed by atoms with Crippen LogP contribution in [0.3, 0.4) is 0 Å². The van der Waals surface area contributed by atoms with E-state index in [9.17, 15) is 9.70 Å². The van der Waals surface area contributed by atoms with E-state index in [1.807, 2.05) is 0 Å². The first-order chi connectivity index (χ1) is 7.65. The highest BCUT2D eigenvalue weighted by Gasteiger charge is 2.05. The summed E-state index contributed by atoms with van der Waals surface area (Å²) in [4.78, 5) is 25.6. The second-order valence-corrected chi connectivity index (χ2v) is 3.06. The van der Waals surface area contributed by atoms with Crippen molar-refractivity contribution >= 4 is 5.78 Å². The maximum Gasteiger partial charge on any atom is 0.164 e. The molecule has 0 aromatic carbocycles. The van der Waals surface area contributed by atoms with Gasteiger partial charge in [-0.2, -0.15) is 0 Å². The summed E-state index contributed by atoms with van der Waals surface area (Å²) >= 11 is 0. The van der Waals surface area contributed by atoms with Gasteiger partial charge in [0.2, 0.25) is 0 Å². The van der Waals surface area contributed by atoms with E-state index in [-0.39, 0.29) is 12.2 Å². The number of pyridine rings is 1. The number of Topliss-reactive ketones (excluding diaryl/α,β-unsaturated/α-hetero) is 1. The zero-order valence-electron chi connectivity index (χ0n) is 9.46. The average Bonchev–Trinajstić information content (AvgIpc) is 2.35. The number of hydrogen-bond donors (Lipinski definition) is 0. The molecule has 0 N–H and O–H groups in total. The van der Waals surface area contributed by atoms with Gasteiger partial charge in [-0.3, -0.25) is 14.8 Å². The van der Waals surface area contributed by atoms with Gasteiger partial charge in [0.1, 0.15) is 0 Å². The Morgan fingerprint density at radius 3 is 3.13 bits per heavy atom. The predicted octanol–water partition coefficient (Wildman–Crippen LogP) is 1.66. The molecule has 0 amide bonds. The topological polar surface area (TPSA) is 62.6 Å². The molecule has 1 rings (SSSR count). The highest BCUT2D eigenvalue weighted by atomic mass is 16.3. The molecule has 0 aliphatic heterocycles. The van der Waals surface area contributed by atoms with Crippen LogP contribution in [-0.4, -0.2) is 29.4 Å². The first-order valence-electron chi connectivity index (χ1n) is 5.13. The van der Waals surface area contributed by atoms with E-state index in [2.05, 4.69) is 10.3 Å². The molecule has 0 saturated carbocycles. The van der Waals surface area contributed by atoms with Crippen LogP contribution in [-0.2, 0) is 0 Å². The maximum atomic E-state index is 11.7. The van der Waals surface area contributed by atoms with E-state index < -0.39 is 6.40 Å². The summed E-state index contributed by atoms with van der Waals surface area (Å²) in [7, 11) is 1.51. The Labute approximate surface area is 89.5 Å². The summed E-state index contributed by atoms with van der Waals surface area (Å²) in [6.45, 7) is 0.295. The van der Waals surface area contributed by atoms with Crippen molar-refractivity contribution < 1.29 is 6.17 Å². The first-order valence-corrected chi connectivity index (χ1v) is 4.56. The molecule has 0 saturated heterocycles. The Kier molecular flexibility index (Phi) is 3.81. The molecule has 0 radical (unpaired) electrons. The van der Waals surface area contributed by atoms with Crippen LogP contribution in [0.4, 0.5) is 0 Å². The van der Waals surface area contributed by atoms with Gasteiger partial charge in [0.15, 0.2) is 5.78 Å². The summed E-state index contributed by atoms with van der Waals surface area (Å²) in [6.07, 6.45) is 2.40. The van der Waals surface area contributed by atoms with E-state index in [4.69, 9.17) is 1.37 Å². The summed E-state index contributed by atoms with van der Waals surface area (Å²) < 4.78 is 7.64. The lowest BCUT2D eigenvalue weighted by Gasteiger charge is -2.06. The Bertz CT molecular complexity index is 358. The van der Waals surface area contributed by atoms with Crippen LogP contribution in [0.2, 0.25) is 0 Å². The predicted molar refractivity (Wildman–Crippen MR) is 56.2 cm³/mol. The quantitative estimate of drug-likeness (QED) is 0.405. The smallest absolute Gasteiger partial charge is 0.164 e. The molecule has 0 fully saturated rings. The molecule has 0 bridgehead atoms. The summed E-state index contributed by atoms with van der Waals surface area (Å²) in [5, 5.41) is 3.83. The van der Waals surface area contributed by atoms with Crippen molar-refractivity contribution in [2.45, 2.75) is 12.8 Å². The van der Waals surface area contributed by atoms with Crippen LogP contribution in [0.25, 0.3) is 0 Å². The van der Waals surface area contributed by atoms with Gasteiger partial charge in [0, 0.05) is 39.3 Å². The SMILES string of the molecule is [2H]C(CCN(C)N=O)C(=O)c1cccnc1. The van der Waals surface area contributed by atoms with Gasteiger partial charge >= 0.3 is 0 Å². The van der Waals surface area contributed by atoms with Crippen LogP contribution in [0.5, 0.6) is 0 Å². The third-order valence-electron chi connectivity index (χ3n) is 1.87. The number of nitrogens with zero attached hydrogens (tertiary/aromatic N) is 3. The van der Waals surface area contributed by atoms with E-state index in [0.29, 0.717) is 12.1 Å². The molecule has 1 aromatic rings. The fourth-order valence-corrected chi connectivity index (χ4v) is 1.05. The summed E-state index contributed by atoms with van der Waals surface area (Å²) in [5.74, 6) is -0.285. The maximum absolute atomic E-state index is 11.7. The summed E-state index contributed by atoms with van der Waals surface area (Å²) in [5.41, 5.74) is 0.421. The second kappa shape index (κ2) is 5.85. The molecular formula is C10H13N3O2. The molecular weight excluding hydrogens is 194 g/mol. The van der Waals surface area contributed by atoms with Crippen LogP contribution >= 0.6 is 0 Å². The van der Waals surface area contributed by atoms with Crippen molar-refractivity contribution in [2.75, 3.05) is 13.6 Å². The average molecular weight is 208 g/mol. The van der Waals surface area contributed by atoms with Crippen LogP contribution in [0.15, 0.2) is 29.8 Å². The minimum absolute atomic E-state index is 0.274. The molecule has 1 unspecified atom stereocenters. The molecule has 1 heterocycles. The van der Waals surface area contributed by atoms with Gasteiger partial charge in [-0.05, 0) is 18.6 Å². The monoisotopic (exact) mass is 208 g/mol. The highest BCUT2D eigenvalue weighted by Crippen LogP contribution is 2.03. The van der Waals surface area contributed by atoms with Crippen LogP contribution in [0, 0.1) is 4.91 Å². The van der Waals surface area contributed by atoms with Crippen molar-refractivity contribution in [3.8, 4) is 0 Å². The van der Waals surface area contributed by atoms with Crippen LogP contribution < -0.4 is 0 Å². The molecule has 0 aliphatic rings. The lowest BCUT2D eigenvalue weighted by molar-refractivity contribution is 0.0976. The fourth-order valence-electron chi connectivity index (χ4n) is 1.05. The van der Waals surface area contributed by atoms with E-state index in [0.717, 1.165) is 5.01 Å². The Morgan fingerprint density at radius 1 is 1.73 bits per heavy atom. The van der Waals surface area contributed by atoms with E-state index >= 15 is 0 Å². The highest BCUT2D eigenvalue weighted by molar-refractivity contribution is 5.95. The number of hydrogen-bond acceptors (Lipinski definition) is 4. The van der Waals surface area contributed by atoms with Crippen molar-refractivity contribution in [1.82, 2.24) is 9.99 Å². The number of aromatic nitrogens is 1.